The van der Waals surface area contributed by atoms with Crippen molar-refractivity contribution in [2.75, 3.05) is 0 Å². The average molecular weight is 243 g/mol. The number of nitrogens with zero attached hydrogens (tertiary/aromatic N) is 3. The van der Waals surface area contributed by atoms with Gasteiger partial charge in [0.05, 0.1) is 12.1 Å². The van der Waals surface area contributed by atoms with Crippen LogP contribution < -0.4 is 0 Å². The quantitative estimate of drug-likeness (QED) is 0.774. The van der Waals surface area contributed by atoms with E-state index in [1.165, 1.54) is 0 Å². The first kappa shape index (κ1) is 12.5. The van der Waals surface area contributed by atoms with Crippen molar-refractivity contribution in [1.29, 1.82) is 0 Å². The molecule has 0 radical (unpaired) electrons. The third-order valence-electron chi connectivity index (χ3n) is 2.93. The lowest BCUT2D eigenvalue weighted by molar-refractivity contribution is 0.0989. The zero-order valence-electron chi connectivity index (χ0n) is 11.0. The van der Waals surface area contributed by atoms with Crippen LogP contribution in [-0.4, -0.2) is 20.5 Å². The maximum absolute atomic E-state index is 12.2. The van der Waals surface area contributed by atoms with Crippen LogP contribution in [-0.2, 0) is 13.0 Å². The number of carbonyl (C=O) groups excluding carboxylic acids is 1. The predicted octanol–water partition coefficient (Wildman–Crippen LogP) is 2.34. The molecular formula is C14H17N3O. The first-order valence-electron chi connectivity index (χ1n) is 6.10. The highest BCUT2D eigenvalue weighted by molar-refractivity contribution is 5.98. The Bertz CT molecular complexity index is 572. The van der Waals surface area contributed by atoms with Gasteiger partial charge in [-0.05, 0) is 39.0 Å². The van der Waals surface area contributed by atoms with Crippen LogP contribution >= 0.6 is 0 Å². The van der Waals surface area contributed by atoms with Gasteiger partial charge in [0.15, 0.2) is 5.78 Å². The van der Waals surface area contributed by atoms with Crippen LogP contribution in [0.1, 0.15) is 34.4 Å². The fourth-order valence-electron chi connectivity index (χ4n) is 2.05. The Morgan fingerprint density at radius 3 is 2.83 bits per heavy atom. The monoisotopic (exact) mass is 243 g/mol. The van der Waals surface area contributed by atoms with Crippen molar-refractivity contribution in [3.63, 3.8) is 0 Å². The summed E-state index contributed by atoms with van der Waals surface area (Å²) in [4.78, 5) is 16.4. The fraction of sp³-hybridized carbons (Fsp3) is 0.357. The Morgan fingerprint density at radius 2 is 2.17 bits per heavy atom. The molecule has 0 fully saturated rings. The molecule has 0 N–H and O–H groups in total. The van der Waals surface area contributed by atoms with Crippen molar-refractivity contribution < 1.29 is 4.79 Å². The second kappa shape index (κ2) is 5.12. The Hall–Kier alpha value is -1.97. The Labute approximate surface area is 107 Å². The standard InChI is InChI=1S/C14H17N3O/c1-4-17-12(8-10(2)16-17)9-14(18)13-6-5-7-15-11(13)3/h5-8H,4,9H2,1-3H3. The number of carbonyl (C=O) groups is 1. The van der Waals surface area contributed by atoms with E-state index < -0.39 is 0 Å². The van der Waals surface area contributed by atoms with E-state index in [9.17, 15) is 4.79 Å². The number of Topliss-reactive ketones (excluding diaryl/α,β-unsaturated/α-hetero) is 1. The van der Waals surface area contributed by atoms with Crippen molar-refractivity contribution in [2.45, 2.75) is 33.7 Å². The van der Waals surface area contributed by atoms with Gasteiger partial charge >= 0.3 is 0 Å². The molecule has 0 saturated carbocycles. The summed E-state index contributed by atoms with van der Waals surface area (Å²) in [6.45, 7) is 6.60. The van der Waals surface area contributed by atoms with E-state index in [4.69, 9.17) is 0 Å². The molecule has 0 saturated heterocycles. The van der Waals surface area contributed by atoms with E-state index >= 15 is 0 Å². The minimum Gasteiger partial charge on any atom is -0.294 e. The average Bonchev–Trinajstić information content (AvgIpc) is 2.70. The Kier molecular flexibility index (Phi) is 3.55. The molecule has 0 aromatic carbocycles. The number of pyridine rings is 1. The van der Waals surface area contributed by atoms with Gasteiger partial charge < -0.3 is 0 Å². The normalized spacial score (nSPS) is 10.6. The predicted molar refractivity (Wildman–Crippen MR) is 69.6 cm³/mol. The fourth-order valence-corrected chi connectivity index (χ4v) is 2.05. The van der Waals surface area contributed by atoms with Crippen LogP contribution in [0.3, 0.4) is 0 Å². The smallest absolute Gasteiger partial charge is 0.170 e. The largest absolute Gasteiger partial charge is 0.294 e. The molecular weight excluding hydrogens is 226 g/mol. The highest BCUT2D eigenvalue weighted by Crippen LogP contribution is 2.11. The van der Waals surface area contributed by atoms with E-state index in [1.807, 2.05) is 37.6 Å². The van der Waals surface area contributed by atoms with Gasteiger partial charge in [-0.2, -0.15) is 5.10 Å². The number of hydrogen-bond donors (Lipinski definition) is 0. The number of aromatic nitrogens is 3. The molecule has 0 unspecified atom stereocenters. The molecule has 0 atom stereocenters. The van der Waals surface area contributed by atoms with Gasteiger partial charge in [-0.25, -0.2) is 0 Å². The van der Waals surface area contributed by atoms with Crippen molar-refractivity contribution >= 4 is 5.78 Å². The van der Waals surface area contributed by atoms with E-state index in [0.717, 1.165) is 23.6 Å². The van der Waals surface area contributed by atoms with E-state index in [1.54, 1.807) is 12.3 Å². The Balaban J connectivity index is 2.24. The van der Waals surface area contributed by atoms with Gasteiger partial charge in [-0.1, -0.05) is 0 Å². The molecule has 4 heteroatoms. The lowest BCUT2D eigenvalue weighted by atomic mass is 10.1. The molecule has 0 aliphatic rings. The summed E-state index contributed by atoms with van der Waals surface area (Å²) >= 11 is 0. The van der Waals surface area contributed by atoms with Crippen molar-refractivity contribution in [2.24, 2.45) is 0 Å². The number of aryl methyl sites for hydroxylation is 3. The van der Waals surface area contributed by atoms with E-state index in [-0.39, 0.29) is 5.78 Å². The van der Waals surface area contributed by atoms with Crippen LogP contribution in [0.15, 0.2) is 24.4 Å². The van der Waals surface area contributed by atoms with Crippen LogP contribution in [0, 0.1) is 13.8 Å². The molecule has 0 aliphatic heterocycles. The van der Waals surface area contributed by atoms with Crippen LogP contribution in [0.4, 0.5) is 0 Å². The molecule has 4 nitrogen and oxygen atoms in total. The maximum Gasteiger partial charge on any atom is 0.170 e. The molecule has 0 aliphatic carbocycles. The van der Waals surface area contributed by atoms with Crippen LogP contribution in [0.5, 0.6) is 0 Å². The summed E-state index contributed by atoms with van der Waals surface area (Å²) in [6, 6.07) is 5.58. The van der Waals surface area contributed by atoms with Crippen LogP contribution in [0.25, 0.3) is 0 Å². The maximum atomic E-state index is 12.2. The first-order valence-corrected chi connectivity index (χ1v) is 6.10. The highest BCUT2D eigenvalue weighted by Gasteiger charge is 2.13. The molecule has 2 heterocycles. The van der Waals surface area contributed by atoms with Gasteiger partial charge in [0.1, 0.15) is 0 Å². The zero-order valence-corrected chi connectivity index (χ0v) is 11.0. The number of hydrogen-bond acceptors (Lipinski definition) is 3. The third kappa shape index (κ3) is 2.47. The summed E-state index contributed by atoms with van der Waals surface area (Å²) in [5, 5.41) is 4.35. The lowest BCUT2D eigenvalue weighted by Gasteiger charge is -2.05. The summed E-state index contributed by atoms with van der Waals surface area (Å²) < 4.78 is 1.87. The summed E-state index contributed by atoms with van der Waals surface area (Å²) in [5.41, 5.74) is 3.38. The third-order valence-corrected chi connectivity index (χ3v) is 2.93. The lowest BCUT2D eigenvalue weighted by Crippen LogP contribution is -2.11. The van der Waals surface area contributed by atoms with Crippen LogP contribution in [0.2, 0.25) is 0 Å². The minimum absolute atomic E-state index is 0.0928. The highest BCUT2D eigenvalue weighted by atomic mass is 16.1. The number of ketones is 1. The molecule has 18 heavy (non-hydrogen) atoms. The number of rotatable bonds is 4. The van der Waals surface area contributed by atoms with Gasteiger partial charge in [0, 0.05) is 29.7 Å². The molecule has 0 amide bonds. The molecule has 94 valence electrons. The van der Waals surface area contributed by atoms with Crippen molar-refractivity contribution in [3.05, 3.63) is 47.0 Å². The summed E-state index contributed by atoms with van der Waals surface area (Å²) in [5.74, 6) is 0.0928. The molecule has 0 bridgehead atoms. The molecule has 2 aromatic rings. The summed E-state index contributed by atoms with van der Waals surface area (Å²) in [6.07, 6.45) is 2.08. The molecule has 2 aromatic heterocycles. The van der Waals surface area contributed by atoms with Crippen molar-refractivity contribution in [3.8, 4) is 0 Å². The summed E-state index contributed by atoms with van der Waals surface area (Å²) in [7, 11) is 0. The van der Waals surface area contributed by atoms with Gasteiger partial charge in [-0.15, -0.1) is 0 Å². The van der Waals surface area contributed by atoms with Crippen molar-refractivity contribution in [1.82, 2.24) is 14.8 Å². The Morgan fingerprint density at radius 1 is 1.39 bits per heavy atom. The van der Waals surface area contributed by atoms with Gasteiger partial charge in [-0.3, -0.25) is 14.5 Å². The van der Waals surface area contributed by atoms with Gasteiger partial charge in [0.2, 0.25) is 0 Å². The van der Waals surface area contributed by atoms with E-state index in [0.29, 0.717) is 12.0 Å². The second-order valence-electron chi connectivity index (χ2n) is 4.33. The second-order valence-corrected chi connectivity index (χ2v) is 4.33. The zero-order chi connectivity index (χ0) is 13.1. The van der Waals surface area contributed by atoms with E-state index in [2.05, 4.69) is 10.1 Å². The molecule has 0 spiro atoms. The first-order chi connectivity index (χ1) is 8.61. The topological polar surface area (TPSA) is 47.8 Å². The van der Waals surface area contributed by atoms with Gasteiger partial charge in [0.25, 0.3) is 0 Å². The SMILES string of the molecule is CCn1nc(C)cc1CC(=O)c1cccnc1C. The molecule has 2 rings (SSSR count). The minimum atomic E-state index is 0.0928.